The third-order valence-corrected chi connectivity index (χ3v) is 5.45. The smallest absolute Gasteiger partial charge is 0.262 e. The first kappa shape index (κ1) is 20.2. The molecule has 1 fully saturated rings. The van der Waals surface area contributed by atoms with Crippen LogP contribution in [-0.4, -0.2) is 65.4 Å². The number of likely N-dealkylation sites (N-methyl/N-ethyl adjacent to an activating group) is 1. The monoisotopic (exact) mass is 408 g/mol. The van der Waals surface area contributed by atoms with E-state index in [0.29, 0.717) is 5.88 Å². The highest BCUT2D eigenvalue weighted by Crippen LogP contribution is 2.28. The largest absolute Gasteiger partial charge is 0.466 e. The van der Waals surface area contributed by atoms with E-state index >= 15 is 0 Å². The van der Waals surface area contributed by atoms with Crippen LogP contribution in [0.25, 0.3) is 11.0 Å². The van der Waals surface area contributed by atoms with Crippen LogP contribution in [0.3, 0.4) is 0 Å². The number of para-hydroxylation sites is 2. The number of anilines is 2. The minimum absolute atomic E-state index is 0.115. The second-order valence-corrected chi connectivity index (χ2v) is 7.85. The van der Waals surface area contributed by atoms with Gasteiger partial charge in [-0.15, -0.1) is 5.10 Å². The molecule has 0 atom stereocenters. The number of amides is 1. The number of carbonyl (C=O) groups excluding carboxylic acids is 1. The summed E-state index contributed by atoms with van der Waals surface area (Å²) in [6.07, 6.45) is 0. The van der Waals surface area contributed by atoms with E-state index in [9.17, 15) is 4.79 Å². The van der Waals surface area contributed by atoms with Gasteiger partial charge in [-0.05, 0) is 44.7 Å². The van der Waals surface area contributed by atoms with Crippen LogP contribution in [0.15, 0.2) is 30.3 Å². The topological polar surface area (TPSA) is 75.5 Å². The number of hydrogen-bond acceptors (Lipinski definition) is 6. The van der Waals surface area contributed by atoms with Gasteiger partial charge >= 0.3 is 0 Å². The summed E-state index contributed by atoms with van der Waals surface area (Å²) in [5, 5.41) is 8.25. The zero-order chi connectivity index (χ0) is 21.3. The normalized spacial score (nSPS) is 14.9. The van der Waals surface area contributed by atoms with Crippen LogP contribution >= 0.6 is 0 Å². The molecule has 1 aromatic carbocycles. The van der Waals surface area contributed by atoms with Crippen LogP contribution in [0, 0.1) is 13.8 Å². The number of carbonyl (C=O) groups is 1. The van der Waals surface area contributed by atoms with Crippen molar-refractivity contribution in [3.63, 3.8) is 0 Å². The average Bonchev–Trinajstić information content (AvgIpc) is 3.03. The van der Waals surface area contributed by atoms with Crippen LogP contribution in [-0.2, 0) is 11.8 Å². The standard InChI is InChI=1S/C22H28N6O2/c1-15-13-16(2)23-21-20(15)22(25-27(21)4)30-14-19(29)24-17-7-5-6-8-18(17)28-11-9-26(3)10-12-28/h5-8,13H,9-12,14H2,1-4H3,(H,24,29). The summed E-state index contributed by atoms with van der Waals surface area (Å²) < 4.78 is 7.48. The summed E-state index contributed by atoms with van der Waals surface area (Å²) in [6.45, 7) is 7.71. The van der Waals surface area contributed by atoms with Crippen molar-refractivity contribution in [1.29, 1.82) is 0 Å². The number of rotatable bonds is 5. The number of aryl methyl sites for hydroxylation is 3. The van der Waals surface area contributed by atoms with Gasteiger partial charge in [0, 0.05) is 38.9 Å². The Morgan fingerprint density at radius 3 is 2.63 bits per heavy atom. The summed E-state index contributed by atoms with van der Waals surface area (Å²) in [5.41, 5.74) is 4.55. The highest BCUT2D eigenvalue weighted by molar-refractivity contribution is 5.95. The van der Waals surface area contributed by atoms with Gasteiger partial charge in [-0.25, -0.2) is 9.67 Å². The fraction of sp³-hybridized carbons (Fsp3) is 0.409. The lowest BCUT2D eigenvalue weighted by Gasteiger charge is -2.35. The molecule has 3 aromatic rings. The minimum Gasteiger partial charge on any atom is -0.466 e. The summed E-state index contributed by atoms with van der Waals surface area (Å²) in [4.78, 5) is 21.8. The second-order valence-electron chi connectivity index (χ2n) is 7.85. The lowest BCUT2D eigenvalue weighted by molar-refractivity contribution is -0.118. The Morgan fingerprint density at radius 1 is 1.13 bits per heavy atom. The van der Waals surface area contributed by atoms with Crippen LogP contribution in [0.2, 0.25) is 0 Å². The minimum atomic E-state index is -0.215. The highest BCUT2D eigenvalue weighted by Gasteiger charge is 2.19. The Balaban J connectivity index is 1.46. The molecule has 8 nitrogen and oxygen atoms in total. The fourth-order valence-corrected chi connectivity index (χ4v) is 3.87. The van der Waals surface area contributed by atoms with Gasteiger partial charge in [0.05, 0.1) is 16.8 Å². The van der Waals surface area contributed by atoms with Crippen molar-refractivity contribution >= 4 is 28.3 Å². The van der Waals surface area contributed by atoms with Crippen molar-refractivity contribution in [2.75, 3.05) is 50.1 Å². The van der Waals surface area contributed by atoms with Gasteiger partial charge in [0.25, 0.3) is 5.91 Å². The molecule has 0 radical (unpaired) electrons. The molecule has 158 valence electrons. The van der Waals surface area contributed by atoms with Gasteiger partial charge in [-0.3, -0.25) is 4.79 Å². The molecule has 1 N–H and O–H groups in total. The van der Waals surface area contributed by atoms with Crippen molar-refractivity contribution in [2.45, 2.75) is 13.8 Å². The lowest BCUT2D eigenvalue weighted by Crippen LogP contribution is -2.44. The molecule has 0 aliphatic carbocycles. The maximum Gasteiger partial charge on any atom is 0.262 e. The quantitative estimate of drug-likeness (QED) is 0.699. The van der Waals surface area contributed by atoms with E-state index in [4.69, 9.17) is 4.74 Å². The summed E-state index contributed by atoms with van der Waals surface area (Å²) in [7, 11) is 3.95. The maximum absolute atomic E-state index is 12.6. The number of nitrogens with one attached hydrogen (secondary N) is 1. The molecule has 1 aliphatic heterocycles. The van der Waals surface area contributed by atoms with Crippen molar-refractivity contribution < 1.29 is 9.53 Å². The molecule has 2 aromatic heterocycles. The molecule has 0 saturated carbocycles. The maximum atomic E-state index is 12.6. The van der Waals surface area contributed by atoms with Crippen LogP contribution in [0.5, 0.6) is 5.88 Å². The first-order chi connectivity index (χ1) is 14.4. The van der Waals surface area contributed by atoms with E-state index in [0.717, 1.165) is 59.8 Å². The van der Waals surface area contributed by atoms with Crippen LogP contribution < -0.4 is 15.0 Å². The molecule has 1 amide bonds. The molecule has 3 heterocycles. The third-order valence-electron chi connectivity index (χ3n) is 5.45. The van der Waals surface area contributed by atoms with Crippen LogP contribution in [0.1, 0.15) is 11.3 Å². The van der Waals surface area contributed by atoms with Crippen molar-refractivity contribution in [3.8, 4) is 5.88 Å². The van der Waals surface area contributed by atoms with E-state index in [1.807, 2.05) is 51.2 Å². The summed E-state index contributed by atoms with van der Waals surface area (Å²) >= 11 is 0. The van der Waals surface area contributed by atoms with E-state index in [1.54, 1.807) is 4.68 Å². The number of benzene rings is 1. The number of ether oxygens (including phenoxy) is 1. The summed E-state index contributed by atoms with van der Waals surface area (Å²) in [5.74, 6) is 0.216. The predicted octanol–water partition coefficient (Wildman–Crippen LogP) is 2.35. The van der Waals surface area contributed by atoms with Crippen LogP contribution in [0.4, 0.5) is 11.4 Å². The van der Waals surface area contributed by atoms with Gasteiger partial charge in [0.2, 0.25) is 5.88 Å². The average molecular weight is 409 g/mol. The summed E-state index contributed by atoms with van der Waals surface area (Å²) in [6, 6.07) is 9.89. The molecule has 0 spiro atoms. The molecule has 1 saturated heterocycles. The van der Waals surface area contributed by atoms with Gasteiger partial charge in [-0.1, -0.05) is 12.1 Å². The van der Waals surface area contributed by atoms with Gasteiger partial charge in [-0.2, -0.15) is 0 Å². The SMILES string of the molecule is Cc1cc(C)c2c(OCC(=O)Nc3ccccc3N3CCN(C)CC3)nn(C)c2n1. The first-order valence-corrected chi connectivity index (χ1v) is 10.2. The van der Waals surface area contributed by atoms with Gasteiger partial charge in [0.15, 0.2) is 12.3 Å². The zero-order valence-corrected chi connectivity index (χ0v) is 18.0. The Bertz CT molecular complexity index is 1070. The predicted molar refractivity (Wildman–Crippen MR) is 118 cm³/mol. The Hall–Kier alpha value is -3.13. The molecular weight excluding hydrogens is 380 g/mol. The third kappa shape index (κ3) is 4.09. The molecular formula is C22H28N6O2. The fourth-order valence-electron chi connectivity index (χ4n) is 3.87. The lowest BCUT2D eigenvalue weighted by atomic mass is 10.2. The van der Waals surface area contributed by atoms with E-state index in [2.05, 4.69) is 32.2 Å². The number of aromatic nitrogens is 3. The Kier molecular flexibility index (Phi) is 5.59. The first-order valence-electron chi connectivity index (χ1n) is 10.2. The number of fused-ring (bicyclic) bond motifs is 1. The molecule has 4 rings (SSSR count). The highest BCUT2D eigenvalue weighted by atomic mass is 16.5. The number of nitrogens with zero attached hydrogens (tertiary/aromatic N) is 5. The molecule has 8 heteroatoms. The number of piperazine rings is 1. The van der Waals surface area contributed by atoms with Gasteiger partial charge < -0.3 is 19.9 Å². The second kappa shape index (κ2) is 8.31. The van der Waals surface area contributed by atoms with Gasteiger partial charge in [0.1, 0.15) is 0 Å². The Morgan fingerprint density at radius 2 is 1.87 bits per heavy atom. The molecule has 30 heavy (non-hydrogen) atoms. The van der Waals surface area contributed by atoms with Crippen molar-refractivity contribution in [2.24, 2.45) is 7.05 Å². The van der Waals surface area contributed by atoms with E-state index in [-0.39, 0.29) is 12.5 Å². The number of hydrogen-bond donors (Lipinski definition) is 1. The molecule has 0 unspecified atom stereocenters. The molecule has 0 bridgehead atoms. The Labute approximate surface area is 176 Å². The molecule has 1 aliphatic rings. The van der Waals surface area contributed by atoms with Crippen molar-refractivity contribution in [1.82, 2.24) is 19.7 Å². The van der Waals surface area contributed by atoms with E-state index in [1.165, 1.54) is 0 Å². The van der Waals surface area contributed by atoms with E-state index < -0.39 is 0 Å². The van der Waals surface area contributed by atoms with Crippen molar-refractivity contribution in [3.05, 3.63) is 41.6 Å². The zero-order valence-electron chi connectivity index (χ0n) is 18.0. The number of pyridine rings is 1.